The summed E-state index contributed by atoms with van der Waals surface area (Å²) in [5.41, 5.74) is 4.78. The molecule has 0 amide bonds. The van der Waals surface area contributed by atoms with Gasteiger partial charge in [0, 0.05) is 53.6 Å². The summed E-state index contributed by atoms with van der Waals surface area (Å²) in [6.45, 7) is 5.82. The van der Waals surface area contributed by atoms with Crippen molar-refractivity contribution in [2.75, 3.05) is 24.6 Å². The quantitative estimate of drug-likeness (QED) is 0.438. The molecule has 1 aliphatic rings. The maximum atomic E-state index is 14.9. The van der Waals surface area contributed by atoms with Gasteiger partial charge < -0.3 is 9.64 Å². The minimum absolute atomic E-state index is 0.113. The molecule has 0 bridgehead atoms. The van der Waals surface area contributed by atoms with Crippen LogP contribution in [0, 0.1) is 19.7 Å². The topological polar surface area (TPSA) is 56.1 Å². The van der Waals surface area contributed by atoms with Crippen LogP contribution in [0.25, 0.3) is 22.2 Å². The Morgan fingerprint density at radius 1 is 1.12 bits per heavy atom. The van der Waals surface area contributed by atoms with Crippen molar-refractivity contribution in [2.24, 2.45) is 7.05 Å². The first kappa shape index (κ1) is 20.8. The van der Waals surface area contributed by atoms with Crippen molar-refractivity contribution in [3.63, 3.8) is 0 Å². The summed E-state index contributed by atoms with van der Waals surface area (Å²) < 4.78 is 22.7. The molecule has 0 radical (unpaired) electrons. The minimum Gasteiger partial charge on any atom is -0.370 e. The van der Waals surface area contributed by atoms with Crippen LogP contribution in [0.15, 0.2) is 42.7 Å². The van der Waals surface area contributed by atoms with E-state index in [0.29, 0.717) is 35.9 Å². The number of nitrogens with zero attached hydrogens (tertiary/aromatic N) is 5. The average Bonchev–Trinajstić information content (AvgIpc) is 3.21. The Morgan fingerprint density at radius 2 is 1.97 bits per heavy atom. The van der Waals surface area contributed by atoms with Gasteiger partial charge in [-0.05, 0) is 55.3 Å². The molecule has 8 heteroatoms. The molecular formula is C24H23ClFN5O. The van der Waals surface area contributed by atoms with Crippen molar-refractivity contribution in [3.8, 4) is 11.1 Å². The highest BCUT2D eigenvalue weighted by Gasteiger charge is 2.25. The molecule has 1 fully saturated rings. The van der Waals surface area contributed by atoms with E-state index in [1.165, 1.54) is 6.07 Å². The Bertz CT molecular complexity index is 1320. The summed E-state index contributed by atoms with van der Waals surface area (Å²) in [6.07, 6.45) is 3.67. The van der Waals surface area contributed by atoms with Crippen LogP contribution in [0.2, 0.25) is 5.02 Å². The van der Waals surface area contributed by atoms with Crippen molar-refractivity contribution in [3.05, 3.63) is 70.4 Å². The molecule has 164 valence electrons. The van der Waals surface area contributed by atoms with Crippen LogP contribution in [-0.2, 0) is 11.8 Å². The van der Waals surface area contributed by atoms with Crippen LogP contribution in [-0.4, -0.2) is 39.4 Å². The van der Waals surface area contributed by atoms with Gasteiger partial charge in [-0.1, -0.05) is 11.6 Å². The summed E-state index contributed by atoms with van der Waals surface area (Å²) in [5.74, 6) is 0.374. The van der Waals surface area contributed by atoms with E-state index in [1.807, 2.05) is 45.4 Å². The Balaban J connectivity index is 1.62. The van der Waals surface area contributed by atoms with E-state index in [9.17, 15) is 4.39 Å². The van der Waals surface area contributed by atoms with E-state index in [0.717, 1.165) is 33.6 Å². The summed E-state index contributed by atoms with van der Waals surface area (Å²) in [7, 11) is 1.89. The molecule has 1 aliphatic heterocycles. The predicted molar refractivity (Wildman–Crippen MR) is 124 cm³/mol. The second kappa shape index (κ2) is 8.15. The Hall–Kier alpha value is -3.03. The smallest absolute Gasteiger partial charge is 0.162 e. The van der Waals surface area contributed by atoms with E-state index in [2.05, 4.69) is 10.00 Å². The van der Waals surface area contributed by atoms with Crippen LogP contribution in [0.3, 0.4) is 0 Å². The van der Waals surface area contributed by atoms with Crippen LogP contribution in [0.4, 0.5) is 10.2 Å². The molecule has 0 spiro atoms. The molecule has 32 heavy (non-hydrogen) atoms. The molecule has 4 aromatic rings. The van der Waals surface area contributed by atoms with Crippen LogP contribution < -0.4 is 4.90 Å². The average molecular weight is 452 g/mol. The first-order valence-electron chi connectivity index (χ1n) is 10.5. The Labute approximate surface area is 190 Å². The lowest BCUT2D eigenvalue weighted by molar-refractivity contribution is 0.0395. The van der Waals surface area contributed by atoms with Gasteiger partial charge in [0.05, 0.1) is 12.8 Å². The zero-order valence-corrected chi connectivity index (χ0v) is 18.9. The van der Waals surface area contributed by atoms with Gasteiger partial charge in [-0.15, -0.1) is 0 Å². The number of rotatable bonds is 3. The number of benzene rings is 1. The van der Waals surface area contributed by atoms with Gasteiger partial charge >= 0.3 is 0 Å². The highest BCUT2D eigenvalue weighted by atomic mass is 35.5. The van der Waals surface area contributed by atoms with Crippen molar-refractivity contribution in [2.45, 2.75) is 20.0 Å². The molecule has 0 unspecified atom stereocenters. The zero-order valence-electron chi connectivity index (χ0n) is 18.1. The SMILES string of the molecule is Cc1cc2c(-c3ccc(Cl)cc3F)cc(N3CCO[C@@H](c4cnn(C)c4)C3)nc2nc1C. The van der Waals surface area contributed by atoms with Gasteiger partial charge in [0.2, 0.25) is 0 Å². The van der Waals surface area contributed by atoms with Crippen LogP contribution in [0.5, 0.6) is 0 Å². The van der Waals surface area contributed by atoms with E-state index >= 15 is 0 Å². The fraction of sp³-hybridized carbons (Fsp3) is 0.292. The lowest BCUT2D eigenvalue weighted by Gasteiger charge is -2.33. The fourth-order valence-corrected chi connectivity index (χ4v) is 4.24. The van der Waals surface area contributed by atoms with Gasteiger partial charge in [0.1, 0.15) is 17.7 Å². The third-order valence-corrected chi connectivity index (χ3v) is 6.17. The second-order valence-electron chi connectivity index (χ2n) is 8.17. The molecule has 3 aromatic heterocycles. The number of hydrogen-bond donors (Lipinski definition) is 0. The lowest BCUT2D eigenvalue weighted by Crippen LogP contribution is -2.38. The van der Waals surface area contributed by atoms with E-state index in [4.69, 9.17) is 26.3 Å². The van der Waals surface area contributed by atoms with Crippen molar-refractivity contribution in [1.29, 1.82) is 0 Å². The summed E-state index contributed by atoms with van der Waals surface area (Å²) >= 11 is 6.00. The van der Waals surface area contributed by atoms with E-state index in [-0.39, 0.29) is 11.9 Å². The van der Waals surface area contributed by atoms with Gasteiger partial charge in [0.25, 0.3) is 0 Å². The maximum Gasteiger partial charge on any atom is 0.162 e. The second-order valence-corrected chi connectivity index (χ2v) is 8.60. The summed E-state index contributed by atoms with van der Waals surface area (Å²) in [5, 5.41) is 5.44. The van der Waals surface area contributed by atoms with Crippen LogP contribution in [0.1, 0.15) is 22.9 Å². The number of fused-ring (bicyclic) bond motifs is 1. The molecule has 0 saturated carbocycles. The molecular weight excluding hydrogens is 429 g/mol. The molecule has 1 saturated heterocycles. The lowest BCUT2D eigenvalue weighted by atomic mass is 10.00. The molecule has 4 heterocycles. The maximum absolute atomic E-state index is 14.9. The third-order valence-electron chi connectivity index (χ3n) is 5.94. The summed E-state index contributed by atoms with van der Waals surface area (Å²) in [6, 6.07) is 8.72. The zero-order chi connectivity index (χ0) is 22.4. The van der Waals surface area contributed by atoms with Crippen molar-refractivity contribution in [1.82, 2.24) is 19.7 Å². The van der Waals surface area contributed by atoms with E-state index < -0.39 is 0 Å². The fourth-order valence-electron chi connectivity index (χ4n) is 4.08. The number of hydrogen-bond acceptors (Lipinski definition) is 5. The van der Waals surface area contributed by atoms with Crippen molar-refractivity contribution >= 4 is 28.5 Å². The number of halogens is 2. The van der Waals surface area contributed by atoms with Gasteiger partial charge in [-0.2, -0.15) is 5.10 Å². The number of ether oxygens (including phenoxy) is 1. The number of anilines is 1. The highest BCUT2D eigenvalue weighted by molar-refractivity contribution is 6.30. The van der Waals surface area contributed by atoms with Crippen molar-refractivity contribution < 1.29 is 9.13 Å². The highest BCUT2D eigenvalue weighted by Crippen LogP contribution is 2.35. The van der Waals surface area contributed by atoms with Gasteiger partial charge in [0.15, 0.2) is 5.65 Å². The standard InChI is InChI=1S/C24H23ClFN5O/c1-14-8-20-19(18-5-4-17(25)9-21(18)26)10-23(29-24(20)28-15(14)2)31-6-7-32-22(13-31)16-11-27-30(3)12-16/h4-5,8-12,22H,6-7,13H2,1-3H3/t22-/m1/s1. The Kier molecular flexibility index (Phi) is 5.31. The first-order chi connectivity index (χ1) is 15.4. The number of aryl methyl sites for hydroxylation is 3. The molecule has 0 aliphatic carbocycles. The number of morpholine rings is 1. The van der Waals surface area contributed by atoms with Gasteiger partial charge in [-0.25, -0.2) is 14.4 Å². The van der Waals surface area contributed by atoms with Gasteiger partial charge in [-0.3, -0.25) is 4.68 Å². The molecule has 1 atom stereocenters. The number of pyridine rings is 2. The summed E-state index contributed by atoms with van der Waals surface area (Å²) in [4.78, 5) is 11.7. The largest absolute Gasteiger partial charge is 0.370 e. The minimum atomic E-state index is -0.371. The Morgan fingerprint density at radius 3 is 2.72 bits per heavy atom. The van der Waals surface area contributed by atoms with Crippen LogP contribution >= 0.6 is 11.6 Å². The molecule has 5 rings (SSSR count). The first-order valence-corrected chi connectivity index (χ1v) is 10.9. The normalized spacial score (nSPS) is 16.7. The molecule has 6 nitrogen and oxygen atoms in total. The number of aromatic nitrogens is 4. The monoisotopic (exact) mass is 451 g/mol. The predicted octanol–water partition coefficient (Wildman–Crippen LogP) is 5.02. The van der Waals surface area contributed by atoms with E-state index in [1.54, 1.807) is 16.8 Å². The molecule has 0 N–H and O–H groups in total. The molecule has 1 aromatic carbocycles. The third kappa shape index (κ3) is 3.82.